The Hall–Kier alpha value is -1.82. The Bertz CT molecular complexity index is 428. The normalized spacial score (nSPS) is 15.7. The van der Waals surface area contributed by atoms with E-state index in [9.17, 15) is 4.79 Å². The van der Waals surface area contributed by atoms with Crippen LogP contribution in [-0.2, 0) is 4.74 Å². The summed E-state index contributed by atoms with van der Waals surface area (Å²) in [7, 11) is 0. The van der Waals surface area contributed by atoms with Crippen molar-refractivity contribution in [2.45, 2.75) is 31.8 Å². The highest BCUT2D eigenvalue weighted by Crippen LogP contribution is 2.22. The second-order valence-electron chi connectivity index (χ2n) is 4.00. The first-order chi connectivity index (χ1) is 7.79. The van der Waals surface area contributed by atoms with Gasteiger partial charge in [-0.15, -0.1) is 0 Å². The van der Waals surface area contributed by atoms with E-state index in [0.717, 1.165) is 25.7 Å². The summed E-state index contributed by atoms with van der Waals surface area (Å²) in [4.78, 5) is 11.7. The summed E-state index contributed by atoms with van der Waals surface area (Å²) in [5, 5.41) is 8.73. The standard InChI is InChI=1S/C13H13NO2/c14-9-10-4-3-5-11(8-10)13(15)16-12-6-1-2-7-12/h3-5,8,12H,1-2,6-7H2. The summed E-state index contributed by atoms with van der Waals surface area (Å²) < 4.78 is 5.35. The molecule has 1 aliphatic carbocycles. The first-order valence-corrected chi connectivity index (χ1v) is 5.51. The smallest absolute Gasteiger partial charge is 0.338 e. The number of carbonyl (C=O) groups excluding carboxylic acids is 1. The lowest BCUT2D eigenvalue weighted by Gasteiger charge is -2.11. The largest absolute Gasteiger partial charge is 0.459 e. The van der Waals surface area contributed by atoms with Crippen molar-refractivity contribution in [3.63, 3.8) is 0 Å². The molecule has 1 aromatic carbocycles. The lowest BCUT2D eigenvalue weighted by Crippen LogP contribution is -2.14. The molecule has 0 radical (unpaired) electrons. The van der Waals surface area contributed by atoms with Gasteiger partial charge in [-0.3, -0.25) is 0 Å². The van der Waals surface area contributed by atoms with Crippen molar-refractivity contribution in [1.82, 2.24) is 0 Å². The number of esters is 1. The Labute approximate surface area is 94.6 Å². The minimum Gasteiger partial charge on any atom is -0.459 e. The van der Waals surface area contributed by atoms with Gasteiger partial charge < -0.3 is 4.74 Å². The van der Waals surface area contributed by atoms with E-state index in [0.29, 0.717) is 11.1 Å². The molecule has 16 heavy (non-hydrogen) atoms. The van der Waals surface area contributed by atoms with E-state index in [4.69, 9.17) is 10.00 Å². The Balaban J connectivity index is 2.05. The quantitative estimate of drug-likeness (QED) is 0.712. The van der Waals surface area contributed by atoms with Crippen LogP contribution in [0.3, 0.4) is 0 Å². The highest BCUT2D eigenvalue weighted by molar-refractivity contribution is 5.89. The van der Waals surface area contributed by atoms with Crippen LogP contribution in [0.2, 0.25) is 0 Å². The molecule has 1 fully saturated rings. The van der Waals surface area contributed by atoms with E-state index in [1.54, 1.807) is 24.3 Å². The lowest BCUT2D eigenvalue weighted by atomic mass is 10.1. The number of carbonyl (C=O) groups is 1. The zero-order valence-electron chi connectivity index (χ0n) is 8.98. The molecule has 0 unspecified atom stereocenters. The van der Waals surface area contributed by atoms with Crippen LogP contribution in [0.4, 0.5) is 0 Å². The molecule has 1 aromatic rings. The third kappa shape index (κ3) is 2.40. The highest BCUT2D eigenvalue weighted by Gasteiger charge is 2.20. The molecule has 0 saturated heterocycles. The maximum Gasteiger partial charge on any atom is 0.338 e. The fourth-order valence-electron chi connectivity index (χ4n) is 1.94. The van der Waals surface area contributed by atoms with Crippen molar-refractivity contribution < 1.29 is 9.53 Å². The number of ether oxygens (including phenoxy) is 1. The van der Waals surface area contributed by atoms with Gasteiger partial charge in [-0.1, -0.05) is 6.07 Å². The van der Waals surface area contributed by atoms with E-state index in [2.05, 4.69) is 0 Å². The van der Waals surface area contributed by atoms with Crippen molar-refractivity contribution in [3.05, 3.63) is 35.4 Å². The lowest BCUT2D eigenvalue weighted by molar-refractivity contribution is 0.0318. The minimum absolute atomic E-state index is 0.0678. The van der Waals surface area contributed by atoms with Crippen LogP contribution >= 0.6 is 0 Å². The third-order valence-corrected chi connectivity index (χ3v) is 2.80. The molecule has 0 heterocycles. The summed E-state index contributed by atoms with van der Waals surface area (Å²) >= 11 is 0. The number of nitrogens with zero attached hydrogens (tertiary/aromatic N) is 1. The van der Waals surface area contributed by atoms with Crippen molar-refractivity contribution in [2.75, 3.05) is 0 Å². The molecule has 1 saturated carbocycles. The number of rotatable bonds is 2. The first-order valence-electron chi connectivity index (χ1n) is 5.51. The second kappa shape index (κ2) is 4.80. The molecule has 0 spiro atoms. The summed E-state index contributed by atoms with van der Waals surface area (Å²) in [5.41, 5.74) is 0.951. The molecule has 0 amide bonds. The van der Waals surface area contributed by atoms with Gasteiger partial charge in [-0.2, -0.15) is 5.26 Å². The van der Waals surface area contributed by atoms with Crippen molar-refractivity contribution in [2.24, 2.45) is 0 Å². The molecule has 0 bridgehead atoms. The molecule has 3 nitrogen and oxygen atoms in total. The van der Waals surface area contributed by atoms with Crippen LogP contribution in [-0.4, -0.2) is 12.1 Å². The maximum absolute atomic E-state index is 11.7. The van der Waals surface area contributed by atoms with Gasteiger partial charge in [0, 0.05) is 0 Å². The molecule has 82 valence electrons. The van der Waals surface area contributed by atoms with Gasteiger partial charge in [-0.05, 0) is 43.9 Å². The average Bonchev–Trinajstić information content (AvgIpc) is 2.82. The SMILES string of the molecule is N#Cc1cccc(C(=O)OC2CCCC2)c1. The Morgan fingerprint density at radius 2 is 2.12 bits per heavy atom. The van der Waals surface area contributed by atoms with Crippen LogP contribution in [0.15, 0.2) is 24.3 Å². The fraction of sp³-hybridized carbons (Fsp3) is 0.385. The fourth-order valence-corrected chi connectivity index (χ4v) is 1.94. The zero-order chi connectivity index (χ0) is 11.4. The molecule has 3 heteroatoms. The zero-order valence-corrected chi connectivity index (χ0v) is 8.98. The minimum atomic E-state index is -0.316. The third-order valence-electron chi connectivity index (χ3n) is 2.80. The average molecular weight is 215 g/mol. The van der Waals surface area contributed by atoms with Crippen molar-refractivity contribution in [1.29, 1.82) is 5.26 Å². The van der Waals surface area contributed by atoms with Gasteiger partial charge in [-0.25, -0.2) is 4.79 Å². The van der Waals surface area contributed by atoms with Crippen molar-refractivity contribution >= 4 is 5.97 Å². The molecule has 0 aromatic heterocycles. The maximum atomic E-state index is 11.7. The van der Waals surface area contributed by atoms with Crippen LogP contribution in [0.1, 0.15) is 41.6 Å². The molecule has 0 N–H and O–H groups in total. The summed E-state index contributed by atoms with van der Waals surface area (Å²) in [6.45, 7) is 0. The highest BCUT2D eigenvalue weighted by atomic mass is 16.5. The number of hydrogen-bond acceptors (Lipinski definition) is 3. The molecular weight excluding hydrogens is 202 g/mol. The van der Waals surface area contributed by atoms with Gasteiger partial charge in [0.1, 0.15) is 6.10 Å². The Kier molecular flexibility index (Phi) is 3.21. The summed E-state index contributed by atoms with van der Waals surface area (Å²) in [6.07, 6.45) is 4.26. The monoisotopic (exact) mass is 215 g/mol. The Morgan fingerprint density at radius 1 is 1.38 bits per heavy atom. The molecule has 0 atom stereocenters. The predicted molar refractivity (Wildman–Crippen MR) is 58.8 cm³/mol. The van der Waals surface area contributed by atoms with Crippen LogP contribution in [0.25, 0.3) is 0 Å². The van der Waals surface area contributed by atoms with Gasteiger partial charge >= 0.3 is 5.97 Å². The molecule has 1 aliphatic rings. The second-order valence-corrected chi connectivity index (χ2v) is 4.00. The van der Waals surface area contributed by atoms with E-state index in [-0.39, 0.29) is 12.1 Å². The molecule has 0 aliphatic heterocycles. The van der Waals surface area contributed by atoms with E-state index < -0.39 is 0 Å². The molecular formula is C13H13NO2. The van der Waals surface area contributed by atoms with Gasteiger partial charge in [0.15, 0.2) is 0 Å². The predicted octanol–water partition coefficient (Wildman–Crippen LogP) is 2.66. The van der Waals surface area contributed by atoms with Gasteiger partial charge in [0.05, 0.1) is 17.2 Å². The van der Waals surface area contributed by atoms with E-state index in [1.165, 1.54) is 0 Å². The number of benzene rings is 1. The Morgan fingerprint density at radius 3 is 2.81 bits per heavy atom. The van der Waals surface area contributed by atoms with Crippen LogP contribution in [0.5, 0.6) is 0 Å². The van der Waals surface area contributed by atoms with Gasteiger partial charge in [0.25, 0.3) is 0 Å². The topological polar surface area (TPSA) is 50.1 Å². The van der Waals surface area contributed by atoms with Gasteiger partial charge in [0.2, 0.25) is 0 Å². The van der Waals surface area contributed by atoms with E-state index in [1.807, 2.05) is 6.07 Å². The summed E-state index contributed by atoms with van der Waals surface area (Å²) in [5.74, 6) is -0.316. The van der Waals surface area contributed by atoms with E-state index >= 15 is 0 Å². The number of hydrogen-bond donors (Lipinski definition) is 0. The molecule has 2 rings (SSSR count). The van der Waals surface area contributed by atoms with Crippen molar-refractivity contribution in [3.8, 4) is 6.07 Å². The summed E-state index contributed by atoms with van der Waals surface area (Å²) in [6, 6.07) is 8.62. The van der Waals surface area contributed by atoms with Crippen LogP contribution in [0, 0.1) is 11.3 Å². The first kappa shape index (κ1) is 10.7. The van der Waals surface area contributed by atoms with Crippen LogP contribution < -0.4 is 0 Å². The number of nitriles is 1.